The minimum absolute atomic E-state index is 0.220. The van der Waals surface area contributed by atoms with Gasteiger partial charge in [0.1, 0.15) is 0 Å². The van der Waals surface area contributed by atoms with Crippen LogP contribution < -0.4 is 5.32 Å². The smallest absolute Gasteiger partial charge is 0.281 e. The van der Waals surface area contributed by atoms with Crippen molar-refractivity contribution >= 4 is 11.9 Å². The molecule has 0 spiro atoms. The summed E-state index contributed by atoms with van der Waals surface area (Å²) in [5.74, 6) is 0.716. The van der Waals surface area contributed by atoms with E-state index in [1.165, 1.54) is 10.2 Å². The minimum Gasteiger partial charge on any atom is -0.350 e. The second-order valence-electron chi connectivity index (χ2n) is 6.55. The number of aryl methyl sites for hydroxylation is 1. The molecule has 1 heterocycles. The highest BCUT2D eigenvalue weighted by atomic mass is 16.2. The number of benzene rings is 3. The number of rotatable bonds is 5. The lowest BCUT2D eigenvalue weighted by molar-refractivity contribution is 0.0947. The van der Waals surface area contributed by atoms with Crippen molar-refractivity contribution < 1.29 is 4.79 Å². The van der Waals surface area contributed by atoms with Gasteiger partial charge >= 0.3 is 0 Å². The summed E-state index contributed by atoms with van der Waals surface area (Å²) in [5, 5.41) is 7.75. The predicted octanol–water partition coefficient (Wildman–Crippen LogP) is 4.55. The van der Waals surface area contributed by atoms with Crippen LogP contribution >= 0.6 is 0 Å². The molecule has 0 unspecified atom stereocenters. The molecule has 0 fully saturated rings. The topological polar surface area (TPSA) is 59.8 Å². The maximum Gasteiger partial charge on any atom is 0.281 e. The van der Waals surface area contributed by atoms with Crippen molar-refractivity contribution in [2.45, 2.75) is 13.5 Å². The molecule has 0 saturated carbocycles. The first kappa shape index (κ1) is 17.7. The Balaban J connectivity index is 1.68. The number of nitrogens with one attached hydrogen (secondary N) is 1. The third kappa shape index (κ3) is 3.83. The minimum atomic E-state index is -0.220. The van der Waals surface area contributed by atoms with Crippen LogP contribution in [0, 0.1) is 6.92 Å². The summed E-state index contributed by atoms with van der Waals surface area (Å²) in [6, 6.07) is 27.0. The number of hydrogen-bond acceptors (Lipinski definition) is 4. The SMILES string of the molecule is Cc1cccc(CNc2nc(-c3ccccc3)nn2C(=O)c2ccccc2)c1. The van der Waals surface area contributed by atoms with Crippen molar-refractivity contribution in [1.29, 1.82) is 0 Å². The summed E-state index contributed by atoms with van der Waals surface area (Å²) in [6.45, 7) is 2.61. The molecule has 3 aromatic carbocycles. The van der Waals surface area contributed by atoms with Gasteiger partial charge in [0.05, 0.1) is 0 Å². The largest absolute Gasteiger partial charge is 0.350 e. The maximum absolute atomic E-state index is 13.0. The maximum atomic E-state index is 13.0. The molecule has 1 aromatic heterocycles. The standard InChI is InChI=1S/C23H20N4O/c1-17-9-8-10-18(15-17)16-24-23-25-21(19-11-4-2-5-12-19)26-27(23)22(28)20-13-6-3-7-14-20/h2-15H,16H2,1H3,(H,24,25,26). The quantitative estimate of drug-likeness (QED) is 0.561. The van der Waals surface area contributed by atoms with Crippen molar-refractivity contribution in [2.75, 3.05) is 5.32 Å². The van der Waals surface area contributed by atoms with Gasteiger partial charge in [0.25, 0.3) is 5.91 Å². The Labute approximate surface area is 163 Å². The van der Waals surface area contributed by atoms with Crippen LogP contribution in [0.4, 0.5) is 5.95 Å². The van der Waals surface area contributed by atoms with E-state index in [2.05, 4.69) is 34.5 Å². The van der Waals surface area contributed by atoms with Gasteiger partial charge in [0, 0.05) is 17.7 Å². The monoisotopic (exact) mass is 368 g/mol. The first-order chi connectivity index (χ1) is 13.7. The summed E-state index contributed by atoms with van der Waals surface area (Å²) in [6.07, 6.45) is 0. The van der Waals surface area contributed by atoms with Gasteiger partial charge < -0.3 is 5.32 Å². The lowest BCUT2D eigenvalue weighted by Crippen LogP contribution is -2.17. The molecule has 0 aliphatic rings. The highest BCUT2D eigenvalue weighted by molar-refractivity contribution is 5.97. The highest BCUT2D eigenvalue weighted by Crippen LogP contribution is 2.19. The number of nitrogens with zero attached hydrogens (tertiary/aromatic N) is 3. The predicted molar refractivity (Wildman–Crippen MR) is 110 cm³/mol. The Bertz CT molecular complexity index is 1090. The second-order valence-corrected chi connectivity index (χ2v) is 6.55. The van der Waals surface area contributed by atoms with E-state index >= 15 is 0 Å². The van der Waals surface area contributed by atoms with Crippen molar-refractivity contribution in [1.82, 2.24) is 14.8 Å². The molecular weight excluding hydrogens is 348 g/mol. The van der Waals surface area contributed by atoms with Gasteiger partial charge in [0.2, 0.25) is 5.95 Å². The molecule has 5 heteroatoms. The Morgan fingerprint density at radius 1 is 0.929 bits per heavy atom. The summed E-state index contributed by atoms with van der Waals surface area (Å²) in [4.78, 5) is 17.6. The van der Waals surface area contributed by atoms with Gasteiger partial charge in [-0.25, -0.2) is 0 Å². The molecule has 0 aliphatic carbocycles. The van der Waals surface area contributed by atoms with E-state index in [0.717, 1.165) is 11.1 Å². The van der Waals surface area contributed by atoms with Crippen molar-refractivity contribution in [3.8, 4) is 11.4 Å². The van der Waals surface area contributed by atoms with Crippen molar-refractivity contribution in [2.24, 2.45) is 0 Å². The third-order valence-electron chi connectivity index (χ3n) is 4.39. The average molecular weight is 368 g/mol. The van der Waals surface area contributed by atoms with Crippen LogP contribution in [0.15, 0.2) is 84.9 Å². The van der Waals surface area contributed by atoms with E-state index in [-0.39, 0.29) is 5.91 Å². The zero-order valence-corrected chi connectivity index (χ0v) is 15.5. The molecular formula is C23H20N4O. The van der Waals surface area contributed by atoms with Crippen molar-refractivity contribution in [3.05, 3.63) is 102 Å². The molecule has 138 valence electrons. The number of anilines is 1. The van der Waals surface area contributed by atoms with Gasteiger partial charge in [-0.2, -0.15) is 9.67 Å². The third-order valence-corrected chi connectivity index (χ3v) is 4.39. The number of hydrogen-bond donors (Lipinski definition) is 1. The average Bonchev–Trinajstić information content (AvgIpc) is 3.17. The number of carbonyl (C=O) groups excluding carboxylic acids is 1. The molecule has 1 N–H and O–H groups in total. The van der Waals surface area contributed by atoms with E-state index < -0.39 is 0 Å². The molecule has 0 aliphatic heterocycles. The van der Waals surface area contributed by atoms with Crippen molar-refractivity contribution in [3.63, 3.8) is 0 Å². The van der Waals surface area contributed by atoms with Crippen LogP contribution in [-0.2, 0) is 6.54 Å². The summed E-state index contributed by atoms with van der Waals surface area (Å²) in [5.41, 5.74) is 3.72. The Morgan fingerprint density at radius 3 is 2.36 bits per heavy atom. The molecule has 5 nitrogen and oxygen atoms in total. The summed E-state index contributed by atoms with van der Waals surface area (Å²) < 4.78 is 1.34. The van der Waals surface area contributed by atoms with Gasteiger partial charge in [-0.15, -0.1) is 5.10 Å². The van der Waals surface area contributed by atoms with Crippen LogP contribution in [0.1, 0.15) is 21.5 Å². The first-order valence-corrected chi connectivity index (χ1v) is 9.12. The fraction of sp³-hybridized carbons (Fsp3) is 0.0870. The fourth-order valence-corrected chi connectivity index (χ4v) is 2.98. The summed E-state index contributed by atoms with van der Waals surface area (Å²) >= 11 is 0. The highest BCUT2D eigenvalue weighted by Gasteiger charge is 2.18. The van der Waals surface area contributed by atoms with Gasteiger partial charge in [-0.3, -0.25) is 4.79 Å². The second kappa shape index (κ2) is 7.88. The van der Waals surface area contributed by atoms with E-state index in [9.17, 15) is 4.79 Å². The molecule has 4 aromatic rings. The number of aromatic nitrogens is 3. The molecule has 28 heavy (non-hydrogen) atoms. The fourth-order valence-electron chi connectivity index (χ4n) is 2.98. The number of carbonyl (C=O) groups is 1. The Hall–Kier alpha value is -3.73. The molecule has 0 amide bonds. The zero-order valence-electron chi connectivity index (χ0n) is 15.5. The zero-order chi connectivity index (χ0) is 19.3. The molecule has 0 bridgehead atoms. The Morgan fingerprint density at radius 2 is 1.64 bits per heavy atom. The van der Waals surface area contributed by atoms with E-state index in [1.54, 1.807) is 12.1 Å². The molecule has 0 saturated heterocycles. The van der Waals surface area contributed by atoms with E-state index in [4.69, 9.17) is 0 Å². The molecule has 4 rings (SSSR count). The van der Waals surface area contributed by atoms with E-state index in [1.807, 2.05) is 60.7 Å². The lowest BCUT2D eigenvalue weighted by atomic mass is 10.1. The van der Waals surface area contributed by atoms with E-state index in [0.29, 0.717) is 23.9 Å². The van der Waals surface area contributed by atoms with Crippen LogP contribution in [0.3, 0.4) is 0 Å². The lowest BCUT2D eigenvalue weighted by Gasteiger charge is -2.08. The van der Waals surface area contributed by atoms with Crippen LogP contribution in [0.25, 0.3) is 11.4 Å². The molecule has 0 atom stereocenters. The van der Waals surface area contributed by atoms with Crippen LogP contribution in [-0.4, -0.2) is 20.7 Å². The van der Waals surface area contributed by atoms with Gasteiger partial charge in [0.15, 0.2) is 5.82 Å². The molecule has 0 radical (unpaired) electrons. The van der Waals surface area contributed by atoms with Gasteiger partial charge in [-0.1, -0.05) is 78.4 Å². The normalized spacial score (nSPS) is 10.6. The van der Waals surface area contributed by atoms with Gasteiger partial charge in [-0.05, 0) is 24.6 Å². The first-order valence-electron chi connectivity index (χ1n) is 9.12. The summed E-state index contributed by atoms with van der Waals surface area (Å²) in [7, 11) is 0. The van der Waals surface area contributed by atoms with Crippen LogP contribution in [0.5, 0.6) is 0 Å². The van der Waals surface area contributed by atoms with Crippen LogP contribution in [0.2, 0.25) is 0 Å². The Kier molecular flexibility index (Phi) is 4.97.